The van der Waals surface area contributed by atoms with Crippen molar-refractivity contribution in [3.05, 3.63) is 101 Å². The highest BCUT2D eigenvalue weighted by Crippen LogP contribution is 2.30. The van der Waals surface area contributed by atoms with E-state index in [-0.39, 0.29) is 11.9 Å². The average Bonchev–Trinajstić information content (AvgIpc) is 3.46. The molecule has 182 valence electrons. The standard InChI is InChI=1S/C28H26N4O3S/c1-19(33)29-27-14-13-26(36-27)18-32-16-20-7-8-23(15-21(20)17-32)31-28(34)30-22-9-11-25(12-10-22)35-24-5-3-2-4-6-24/h2-15H,16-18H2,1H3,(H,29,33)(H2,30,31,34). The van der Waals surface area contributed by atoms with Crippen LogP contribution in [-0.4, -0.2) is 16.8 Å². The van der Waals surface area contributed by atoms with Crippen molar-refractivity contribution in [2.75, 3.05) is 16.0 Å². The second kappa shape index (κ2) is 10.6. The maximum atomic E-state index is 12.5. The second-order valence-corrected chi connectivity index (χ2v) is 9.76. The normalized spacial score (nSPS) is 12.6. The van der Waals surface area contributed by atoms with Gasteiger partial charge in [-0.1, -0.05) is 24.3 Å². The summed E-state index contributed by atoms with van der Waals surface area (Å²) in [5.74, 6) is 1.40. The van der Waals surface area contributed by atoms with Gasteiger partial charge in [0.1, 0.15) is 11.5 Å². The van der Waals surface area contributed by atoms with E-state index in [1.54, 1.807) is 23.5 Å². The number of nitrogens with one attached hydrogen (secondary N) is 3. The average molecular weight is 499 g/mol. The van der Waals surface area contributed by atoms with Gasteiger partial charge in [-0.2, -0.15) is 0 Å². The number of carbonyl (C=O) groups excluding carboxylic acids is 2. The fraction of sp³-hybridized carbons (Fsp3) is 0.143. The van der Waals surface area contributed by atoms with E-state index in [2.05, 4.69) is 33.0 Å². The highest BCUT2D eigenvalue weighted by molar-refractivity contribution is 7.16. The Kier molecular flexibility index (Phi) is 6.97. The number of rotatable bonds is 7. The monoisotopic (exact) mass is 498 g/mol. The van der Waals surface area contributed by atoms with E-state index in [0.29, 0.717) is 11.4 Å². The minimum atomic E-state index is -0.300. The van der Waals surface area contributed by atoms with Gasteiger partial charge in [-0.3, -0.25) is 9.69 Å². The molecule has 0 radical (unpaired) electrons. The van der Waals surface area contributed by atoms with Gasteiger partial charge in [0.25, 0.3) is 0 Å². The van der Waals surface area contributed by atoms with Gasteiger partial charge in [-0.05, 0) is 71.8 Å². The van der Waals surface area contributed by atoms with Crippen LogP contribution in [0.25, 0.3) is 0 Å². The Balaban J connectivity index is 1.13. The van der Waals surface area contributed by atoms with E-state index in [1.165, 1.54) is 22.9 Å². The summed E-state index contributed by atoms with van der Waals surface area (Å²) < 4.78 is 5.79. The molecule has 8 heteroatoms. The maximum absolute atomic E-state index is 12.5. The van der Waals surface area contributed by atoms with Crippen LogP contribution in [0.1, 0.15) is 22.9 Å². The number of urea groups is 1. The highest BCUT2D eigenvalue weighted by atomic mass is 32.1. The molecule has 3 aromatic carbocycles. The Morgan fingerprint density at radius 3 is 2.28 bits per heavy atom. The van der Waals surface area contributed by atoms with E-state index in [1.807, 2.05) is 60.7 Å². The summed E-state index contributed by atoms with van der Waals surface area (Å²) in [5.41, 5.74) is 3.89. The van der Waals surface area contributed by atoms with Crippen molar-refractivity contribution < 1.29 is 14.3 Å². The quantitative estimate of drug-likeness (QED) is 0.266. The number of hydrogen-bond acceptors (Lipinski definition) is 5. The molecule has 3 N–H and O–H groups in total. The van der Waals surface area contributed by atoms with Gasteiger partial charge in [0.15, 0.2) is 0 Å². The summed E-state index contributed by atoms with van der Waals surface area (Å²) >= 11 is 1.59. The zero-order valence-electron chi connectivity index (χ0n) is 19.8. The van der Waals surface area contributed by atoms with Crippen LogP contribution in [0.3, 0.4) is 0 Å². The predicted octanol–water partition coefficient (Wildman–Crippen LogP) is 6.66. The van der Waals surface area contributed by atoms with Crippen LogP contribution in [0.15, 0.2) is 84.9 Å². The second-order valence-electron chi connectivity index (χ2n) is 8.59. The zero-order valence-corrected chi connectivity index (χ0v) is 20.6. The summed E-state index contributed by atoms with van der Waals surface area (Å²) in [7, 11) is 0. The van der Waals surface area contributed by atoms with E-state index in [4.69, 9.17) is 4.74 Å². The Hall–Kier alpha value is -4.14. The first-order chi connectivity index (χ1) is 17.5. The zero-order chi connectivity index (χ0) is 24.9. The summed E-state index contributed by atoms with van der Waals surface area (Å²) in [6.07, 6.45) is 0. The molecule has 0 atom stereocenters. The van der Waals surface area contributed by atoms with Gasteiger partial charge in [0.2, 0.25) is 5.91 Å². The fourth-order valence-electron chi connectivity index (χ4n) is 4.10. The molecule has 0 bridgehead atoms. The molecule has 36 heavy (non-hydrogen) atoms. The van der Waals surface area contributed by atoms with Crippen molar-refractivity contribution in [2.45, 2.75) is 26.6 Å². The van der Waals surface area contributed by atoms with Crippen molar-refractivity contribution >= 4 is 39.7 Å². The van der Waals surface area contributed by atoms with E-state index >= 15 is 0 Å². The molecule has 1 aromatic heterocycles. The van der Waals surface area contributed by atoms with E-state index in [9.17, 15) is 9.59 Å². The number of para-hydroxylation sites is 1. The lowest BCUT2D eigenvalue weighted by molar-refractivity contribution is -0.114. The third-order valence-electron chi connectivity index (χ3n) is 5.68. The molecule has 3 amide bonds. The Morgan fingerprint density at radius 1 is 0.806 bits per heavy atom. The number of ether oxygens (including phenoxy) is 1. The van der Waals surface area contributed by atoms with Gasteiger partial charge >= 0.3 is 6.03 Å². The minimum absolute atomic E-state index is 0.0601. The topological polar surface area (TPSA) is 82.7 Å². The van der Waals surface area contributed by atoms with Crippen LogP contribution >= 0.6 is 11.3 Å². The smallest absolute Gasteiger partial charge is 0.323 e. The molecule has 0 spiro atoms. The number of fused-ring (bicyclic) bond motifs is 1. The Morgan fingerprint density at radius 2 is 1.50 bits per heavy atom. The number of nitrogens with zero attached hydrogens (tertiary/aromatic N) is 1. The molecule has 1 aliphatic heterocycles. The summed E-state index contributed by atoms with van der Waals surface area (Å²) in [5, 5.41) is 9.48. The van der Waals surface area contributed by atoms with E-state index in [0.717, 1.165) is 36.1 Å². The predicted molar refractivity (Wildman–Crippen MR) is 144 cm³/mol. The van der Waals surface area contributed by atoms with Crippen LogP contribution < -0.4 is 20.7 Å². The van der Waals surface area contributed by atoms with Crippen molar-refractivity contribution in [1.29, 1.82) is 0 Å². The van der Waals surface area contributed by atoms with Crippen LogP contribution in [0.5, 0.6) is 11.5 Å². The van der Waals surface area contributed by atoms with Gasteiger partial charge in [0.05, 0.1) is 5.00 Å². The first-order valence-electron chi connectivity index (χ1n) is 11.6. The van der Waals surface area contributed by atoms with Gasteiger partial charge in [0, 0.05) is 42.8 Å². The lowest BCUT2D eigenvalue weighted by atomic mass is 10.1. The molecule has 0 fully saturated rings. The molecule has 0 saturated carbocycles. The lowest BCUT2D eigenvalue weighted by Crippen LogP contribution is -2.19. The molecule has 2 heterocycles. The summed E-state index contributed by atoms with van der Waals surface area (Å²) in [4.78, 5) is 27.3. The molecule has 7 nitrogen and oxygen atoms in total. The molecule has 1 aliphatic rings. The maximum Gasteiger partial charge on any atom is 0.323 e. The third kappa shape index (κ3) is 6.10. The van der Waals surface area contributed by atoms with Crippen LogP contribution in [0.2, 0.25) is 0 Å². The molecular formula is C28H26N4O3S. The van der Waals surface area contributed by atoms with Crippen molar-refractivity contribution in [3.63, 3.8) is 0 Å². The SMILES string of the molecule is CC(=O)Nc1ccc(CN2Cc3ccc(NC(=O)Nc4ccc(Oc5ccccc5)cc4)cc3C2)s1. The number of hydrogen-bond donors (Lipinski definition) is 3. The Labute approximate surface area is 213 Å². The van der Waals surface area contributed by atoms with Crippen molar-refractivity contribution in [1.82, 2.24) is 4.90 Å². The summed E-state index contributed by atoms with van der Waals surface area (Å²) in [6, 6.07) is 26.5. The molecule has 5 rings (SSSR count). The van der Waals surface area contributed by atoms with Crippen LogP contribution in [-0.2, 0) is 24.4 Å². The van der Waals surface area contributed by atoms with E-state index < -0.39 is 0 Å². The number of benzene rings is 3. The van der Waals surface area contributed by atoms with Crippen LogP contribution in [0.4, 0.5) is 21.2 Å². The first-order valence-corrected chi connectivity index (χ1v) is 12.4. The fourth-order valence-corrected chi connectivity index (χ4v) is 5.10. The first kappa shape index (κ1) is 23.6. The van der Waals surface area contributed by atoms with Gasteiger partial charge in [-0.15, -0.1) is 11.3 Å². The van der Waals surface area contributed by atoms with Gasteiger partial charge < -0.3 is 20.7 Å². The Bertz CT molecular complexity index is 1370. The molecule has 0 saturated heterocycles. The van der Waals surface area contributed by atoms with Crippen molar-refractivity contribution in [2.24, 2.45) is 0 Å². The van der Waals surface area contributed by atoms with Crippen molar-refractivity contribution in [3.8, 4) is 11.5 Å². The largest absolute Gasteiger partial charge is 0.457 e. The number of thiophene rings is 1. The molecular weight excluding hydrogens is 472 g/mol. The number of amides is 3. The lowest BCUT2D eigenvalue weighted by Gasteiger charge is -2.12. The number of anilines is 3. The highest BCUT2D eigenvalue weighted by Gasteiger charge is 2.20. The van der Waals surface area contributed by atoms with Crippen LogP contribution in [0, 0.1) is 0 Å². The minimum Gasteiger partial charge on any atom is -0.457 e. The molecule has 0 unspecified atom stereocenters. The molecule has 0 aliphatic carbocycles. The van der Waals surface area contributed by atoms with Gasteiger partial charge in [-0.25, -0.2) is 4.79 Å². The molecule has 4 aromatic rings. The summed E-state index contributed by atoms with van der Waals surface area (Å²) in [6.45, 7) is 3.99. The number of carbonyl (C=O) groups is 2. The third-order valence-corrected chi connectivity index (χ3v) is 6.67.